The average molecular weight is 306 g/mol. The fraction of sp³-hybridized carbons (Fsp3) is 0.500. The van der Waals surface area contributed by atoms with Gasteiger partial charge >= 0.3 is 0 Å². The number of methoxy groups -OCH3 is 2. The van der Waals surface area contributed by atoms with Gasteiger partial charge in [-0.3, -0.25) is 9.59 Å². The van der Waals surface area contributed by atoms with Gasteiger partial charge in [0.1, 0.15) is 11.8 Å². The lowest BCUT2D eigenvalue weighted by molar-refractivity contribution is -0.156. The molecule has 1 saturated heterocycles. The molecule has 0 aromatic heterocycles. The summed E-state index contributed by atoms with van der Waals surface area (Å²) in [7, 11) is 3.18. The molecule has 0 bridgehead atoms. The van der Waals surface area contributed by atoms with E-state index in [1.165, 1.54) is 0 Å². The van der Waals surface area contributed by atoms with Gasteiger partial charge in [-0.1, -0.05) is 12.1 Å². The van der Waals surface area contributed by atoms with E-state index in [2.05, 4.69) is 0 Å². The van der Waals surface area contributed by atoms with Gasteiger partial charge in [0, 0.05) is 20.2 Å². The summed E-state index contributed by atoms with van der Waals surface area (Å²) in [6.07, 6.45) is 0. The van der Waals surface area contributed by atoms with Crippen LogP contribution in [0.25, 0.3) is 0 Å². The topological polar surface area (TPSA) is 59.1 Å². The molecule has 2 rings (SSSR count). The summed E-state index contributed by atoms with van der Waals surface area (Å²) >= 11 is 0. The molecule has 1 aromatic carbocycles. The van der Waals surface area contributed by atoms with Crippen molar-refractivity contribution in [2.75, 3.05) is 33.9 Å². The number of piperazine rings is 1. The number of carbonyl (C=O) groups excluding carboxylic acids is 2. The summed E-state index contributed by atoms with van der Waals surface area (Å²) in [6.45, 7) is 3.15. The maximum Gasteiger partial charge on any atom is 0.245 e. The summed E-state index contributed by atoms with van der Waals surface area (Å²) < 4.78 is 10.2. The van der Waals surface area contributed by atoms with Crippen molar-refractivity contribution < 1.29 is 19.1 Å². The van der Waals surface area contributed by atoms with E-state index in [1.807, 2.05) is 24.3 Å². The van der Waals surface area contributed by atoms with Crippen LogP contribution in [-0.4, -0.2) is 61.6 Å². The van der Waals surface area contributed by atoms with Gasteiger partial charge in [0.15, 0.2) is 0 Å². The Bertz CT molecular complexity index is 547. The molecular formula is C16H22N2O4. The highest BCUT2D eigenvalue weighted by molar-refractivity contribution is 5.94. The minimum atomic E-state index is -0.468. The molecule has 6 nitrogen and oxygen atoms in total. The van der Waals surface area contributed by atoms with Crippen molar-refractivity contribution in [3.05, 3.63) is 29.8 Å². The molecule has 1 aromatic rings. The van der Waals surface area contributed by atoms with Crippen LogP contribution in [0.15, 0.2) is 24.3 Å². The predicted octanol–water partition coefficient (Wildman–Crippen LogP) is 0.901. The first-order valence-electron chi connectivity index (χ1n) is 7.27. The minimum absolute atomic E-state index is 0.0421. The Labute approximate surface area is 130 Å². The zero-order valence-corrected chi connectivity index (χ0v) is 13.2. The second-order valence-electron chi connectivity index (χ2n) is 5.30. The summed E-state index contributed by atoms with van der Waals surface area (Å²) in [5.41, 5.74) is 0.942. The smallest absolute Gasteiger partial charge is 0.245 e. The molecule has 1 heterocycles. The van der Waals surface area contributed by atoms with E-state index in [0.717, 1.165) is 11.3 Å². The van der Waals surface area contributed by atoms with Crippen molar-refractivity contribution in [1.29, 1.82) is 0 Å². The van der Waals surface area contributed by atoms with Gasteiger partial charge in [-0.15, -0.1) is 0 Å². The molecule has 1 atom stereocenters. The van der Waals surface area contributed by atoms with Crippen LogP contribution < -0.4 is 4.74 Å². The van der Waals surface area contributed by atoms with Crippen LogP contribution in [-0.2, 0) is 20.9 Å². The van der Waals surface area contributed by atoms with E-state index in [0.29, 0.717) is 19.7 Å². The van der Waals surface area contributed by atoms with Crippen molar-refractivity contribution in [2.45, 2.75) is 19.5 Å². The maximum atomic E-state index is 12.4. The van der Waals surface area contributed by atoms with Crippen molar-refractivity contribution in [3.63, 3.8) is 0 Å². The highest BCUT2D eigenvalue weighted by atomic mass is 16.5. The Morgan fingerprint density at radius 2 is 2.05 bits per heavy atom. The molecule has 120 valence electrons. The average Bonchev–Trinajstić information content (AvgIpc) is 2.54. The second-order valence-corrected chi connectivity index (χ2v) is 5.30. The Morgan fingerprint density at radius 1 is 1.27 bits per heavy atom. The fourth-order valence-corrected chi connectivity index (χ4v) is 2.53. The monoisotopic (exact) mass is 306 g/mol. The van der Waals surface area contributed by atoms with Crippen LogP contribution in [0, 0.1) is 0 Å². The SMILES string of the molecule is COCCN1CC(=O)N(Cc2cccc(OC)c2)[C@@H](C)C1=O. The zero-order chi connectivity index (χ0) is 16.1. The summed E-state index contributed by atoms with van der Waals surface area (Å²) in [4.78, 5) is 27.9. The molecule has 2 amide bonds. The number of ether oxygens (including phenoxy) is 2. The molecule has 1 fully saturated rings. The Kier molecular flexibility index (Phi) is 5.38. The van der Waals surface area contributed by atoms with Crippen molar-refractivity contribution >= 4 is 11.8 Å². The standard InChI is InChI=1S/C16H22N2O4/c1-12-16(20)17(7-8-21-2)11-15(19)18(12)10-13-5-4-6-14(9-13)22-3/h4-6,9,12H,7-8,10-11H2,1-3H3/t12-/m0/s1. The van der Waals surface area contributed by atoms with Crippen LogP contribution in [0.5, 0.6) is 5.75 Å². The Morgan fingerprint density at radius 3 is 2.73 bits per heavy atom. The molecule has 22 heavy (non-hydrogen) atoms. The van der Waals surface area contributed by atoms with Gasteiger partial charge in [-0.2, -0.15) is 0 Å². The summed E-state index contributed by atoms with van der Waals surface area (Å²) in [5.74, 6) is 0.647. The van der Waals surface area contributed by atoms with E-state index >= 15 is 0 Å². The molecule has 1 aliphatic heterocycles. The first-order valence-corrected chi connectivity index (χ1v) is 7.27. The minimum Gasteiger partial charge on any atom is -0.497 e. The molecular weight excluding hydrogens is 284 g/mol. The van der Waals surface area contributed by atoms with Gasteiger partial charge in [-0.05, 0) is 24.6 Å². The third kappa shape index (κ3) is 3.57. The predicted molar refractivity (Wildman–Crippen MR) is 81.5 cm³/mol. The molecule has 0 unspecified atom stereocenters. The Hall–Kier alpha value is -2.08. The van der Waals surface area contributed by atoms with Crippen LogP contribution in [0.4, 0.5) is 0 Å². The normalized spacial score (nSPS) is 18.8. The molecule has 0 N–H and O–H groups in total. The third-order valence-corrected chi connectivity index (χ3v) is 3.84. The van der Waals surface area contributed by atoms with E-state index in [4.69, 9.17) is 9.47 Å². The zero-order valence-electron chi connectivity index (χ0n) is 13.2. The number of amides is 2. The maximum absolute atomic E-state index is 12.4. The number of carbonyl (C=O) groups is 2. The van der Waals surface area contributed by atoms with Gasteiger partial charge < -0.3 is 19.3 Å². The molecule has 6 heteroatoms. The lowest BCUT2D eigenvalue weighted by atomic mass is 10.1. The Balaban J connectivity index is 2.08. The number of benzene rings is 1. The van der Waals surface area contributed by atoms with Crippen molar-refractivity contribution in [1.82, 2.24) is 9.80 Å². The highest BCUT2D eigenvalue weighted by Gasteiger charge is 2.36. The van der Waals surface area contributed by atoms with Gasteiger partial charge in [0.25, 0.3) is 0 Å². The first-order chi connectivity index (χ1) is 10.6. The van der Waals surface area contributed by atoms with Crippen LogP contribution in [0.1, 0.15) is 12.5 Å². The molecule has 0 radical (unpaired) electrons. The van der Waals surface area contributed by atoms with Gasteiger partial charge in [0.05, 0.1) is 20.3 Å². The van der Waals surface area contributed by atoms with Gasteiger partial charge in [-0.25, -0.2) is 0 Å². The van der Waals surface area contributed by atoms with Gasteiger partial charge in [0.2, 0.25) is 11.8 Å². The van der Waals surface area contributed by atoms with Crippen molar-refractivity contribution in [3.8, 4) is 5.75 Å². The molecule has 0 aliphatic carbocycles. The third-order valence-electron chi connectivity index (χ3n) is 3.84. The number of hydrogen-bond donors (Lipinski definition) is 0. The van der Waals surface area contributed by atoms with E-state index in [1.54, 1.807) is 30.9 Å². The first kappa shape index (κ1) is 16.3. The number of nitrogens with zero attached hydrogens (tertiary/aromatic N) is 2. The lowest BCUT2D eigenvalue weighted by Gasteiger charge is -2.38. The van der Waals surface area contributed by atoms with Crippen LogP contribution in [0.3, 0.4) is 0 Å². The molecule has 0 spiro atoms. The number of hydrogen-bond acceptors (Lipinski definition) is 4. The molecule has 0 saturated carbocycles. The lowest BCUT2D eigenvalue weighted by Crippen LogP contribution is -2.58. The quantitative estimate of drug-likeness (QED) is 0.783. The van der Waals surface area contributed by atoms with Crippen molar-refractivity contribution in [2.24, 2.45) is 0 Å². The largest absolute Gasteiger partial charge is 0.497 e. The fourth-order valence-electron chi connectivity index (χ4n) is 2.53. The highest BCUT2D eigenvalue weighted by Crippen LogP contribution is 2.19. The molecule has 1 aliphatic rings. The summed E-state index contributed by atoms with van der Waals surface area (Å²) in [6, 6.07) is 7.05. The van der Waals surface area contributed by atoms with Crippen LogP contribution >= 0.6 is 0 Å². The van der Waals surface area contributed by atoms with E-state index in [-0.39, 0.29) is 18.4 Å². The van der Waals surface area contributed by atoms with Crippen LogP contribution in [0.2, 0.25) is 0 Å². The van der Waals surface area contributed by atoms with E-state index < -0.39 is 6.04 Å². The van der Waals surface area contributed by atoms with E-state index in [9.17, 15) is 9.59 Å². The second kappa shape index (κ2) is 7.26. The summed E-state index contributed by atoms with van der Waals surface area (Å²) in [5, 5.41) is 0. The number of rotatable bonds is 6.